The Morgan fingerprint density at radius 3 is 2.58 bits per heavy atom. The molecule has 2 aromatic rings. The highest BCUT2D eigenvalue weighted by Crippen LogP contribution is 2.27. The number of nitrogens with zero attached hydrogens (tertiary/aromatic N) is 3. The van der Waals surface area contributed by atoms with Gasteiger partial charge < -0.3 is 10.2 Å². The zero-order valence-corrected chi connectivity index (χ0v) is 14.9. The number of benzene rings is 1. The Kier molecular flexibility index (Phi) is 4.86. The molecule has 138 valence electrons. The van der Waals surface area contributed by atoms with E-state index >= 15 is 0 Å². The lowest BCUT2D eigenvalue weighted by molar-refractivity contribution is -0.122. The van der Waals surface area contributed by atoms with Crippen LogP contribution in [-0.2, 0) is 4.79 Å². The second-order valence-electron chi connectivity index (χ2n) is 7.52. The molecule has 0 unspecified atom stereocenters. The first kappa shape index (κ1) is 17.0. The van der Waals surface area contributed by atoms with Crippen LogP contribution >= 0.6 is 0 Å². The summed E-state index contributed by atoms with van der Waals surface area (Å²) in [7, 11) is 0. The number of hydrogen-bond donors (Lipinski definition) is 2. The van der Waals surface area contributed by atoms with Gasteiger partial charge in [0.25, 0.3) is 5.91 Å². The van der Waals surface area contributed by atoms with Crippen molar-refractivity contribution in [2.24, 2.45) is 5.92 Å². The Bertz CT molecular complexity index is 788. The van der Waals surface area contributed by atoms with Crippen LogP contribution in [0.3, 0.4) is 0 Å². The molecule has 4 rings (SSSR count). The molecule has 2 aliphatic rings. The fourth-order valence-corrected chi connectivity index (χ4v) is 4.15. The summed E-state index contributed by atoms with van der Waals surface area (Å²) in [5.41, 5.74) is 2.09. The molecule has 0 bridgehead atoms. The lowest BCUT2D eigenvalue weighted by Gasteiger charge is -2.32. The average molecular weight is 355 g/mol. The van der Waals surface area contributed by atoms with Crippen LogP contribution in [0.15, 0.2) is 18.2 Å². The Morgan fingerprint density at radius 1 is 1.08 bits per heavy atom. The highest BCUT2D eigenvalue weighted by atomic mass is 16.2. The van der Waals surface area contributed by atoms with Crippen molar-refractivity contribution in [3.05, 3.63) is 23.8 Å². The van der Waals surface area contributed by atoms with Crippen molar-refractivity contribution < 1.29 is 9.59 Å². The monoisotopic (exact) mass is 355 g/mol. The predicted octanol–water partition coefficient (Wildman–Crippen LogP) is 2.26. The smallest absolute Gasteiger partial charge is 0.253 e. The van der Waals surface area contributed by atoms with Gasteiger partial charge in [0.1, 0.15) is 11.0 Å². The van der Waals surface area contributed by atoms with E-state index in [1.807, 2.05) is 11.0 Å². The number of aromatic amines is 1. The normalized spacial score (nSPS) is 19.2. The molecule has 0 spiro atoms. The van der Waals surface area contributed by atoms with Gasteiger partial charge >= 0.3 is 0 Å². The van der Waals surface area contributed by atoms with Crippen molar-refractivity contribution >= 4 is 22.8 Å². The molecule has 1 aromatic carbocycles. The fourth-order valence-electron chi connectivity index (χ4n) is 4.15. The maximum Gasteiger partial charge on any atom is 0.253 e. The minimum Gasteiger partial charge on any atom is -0.353 e. The summed E-state index contributed by atoms with van der Waals surface area (Å²) in [6, 6.07) is 5.56. The van der Waals surface area contributed by atoms with E-state index in [1.165, 1.54) is 25.7 Å². The van der Waals surface area contributed by atoms with Gasteiger partial charge in [-0.25, -0.2) is 0 Å². The molecule has 2 heterocycles. The van der Waals surface area contributed by atoms with Crippen LogP contribution in [0, 0.1) is 5.92 Å². The van der Waals surface area contributed by atoms with Crippen LogP contribution in [-0.4, -0.2) is 51.3 Å². The predicted molar refractivity (Wildman–Crippen MR) is 97.5 cm³/mol. The summed E-state index contributed by atoms with van der Waals surface area (Å²) in [6.45, 7) is 1.34. The largest absolute Gasteiger partial charge is 0.353 e. The molecule has 2 amide bonds. The zero-order valence-electron chi connectivity index (χ0n) is 14.9. The third-order valence-corrected chi connectivity index (χ3v) is 5.66. The Balaban J connectivity index is 1.28. The number of amides is 2. The number of hydrogen-bond acceptors (Lipinski definition) is 4. The molecule has 2 N–H and O–H groups in total. The number of carbonyl (C=O) groups is 2. The minimum absolute atomic E-state index is 0.0191. The van der Waals surface area contributed by atoms with Crippen molar-refractivity contribution in [3.63, 3.8) is 0 Å². The number of H-pyrrole nitrogens is 1. The van der Waals surface area contributed by atoms with Gasteiger partial charge in [0.15, 0.2) is 0 Å². The van der Waals surface area contributed by atoms with E-state index in [0.717, 1.165) is 18.4 Å². The molecule has 7 nitrogen and oxygen atoms in total. The number of rotatable bonds is 4. The van der Waals surface area contributed by atoms with Gasteiger partial charge in [0.2, 0.25) is 5.91 Å². The molecule has 0 radical (unpaired) electrons. The Labute approximate surface area is 152 Å². The molecule has 1 aliphatic carbocycles. The molecule has 2 fully saturated rings. The van der Waals surface area contributed by atoms with Crippen LogP contribution in [0.2, 0.25) is 0 Å². The zero-order chi connectivity index (χ0) is 17.9. The number of aromatic nitrogens is 3. The van der Waals surface area contributed by atoms with E-state index < -0.39 is 0 Å². The van der Waals surface area contributed by atoms with E-state index in [1.54, 1.807) is 12.1 Å². The molecular formula is C19H25N5O2. The van der Waals surface area contributed by atoms with Gasteiger partial charge in [0.05, 0.1) is 0 Å². The van der Waals surface area contributed by atoms with Crippen LogP contribution in [0.1, 0.15) is 55.3 Å². The Morgan fingerprint density at radius 2 is 1.81 bits per heavy atom. The summed E-state index contributed by atoms with van der Waals surface area (Å²) in [5, 5.41) is 13.8. The molecule has 1 saturated heterocycles. The topological polar surface area (TPSA) is 91.0 Å². The van der Waals surface area contributed by atoms with Crippen LogP contribution in [0.25, 0.3) is 11.0 Å². The second-order valence-corrected chi connectivity index (χ2v) is 7.52. The molecule has 1 aliphatic heterocycles. The molecule has 0 atom stereocenters. The van der Waals surface area contributed by atoms with Gasteiger partial charge in [0, 0.05) is 31.1 Å². The lowest BCUT2D eigenvalue weighted by Crippen LogP contribution is -2.46. The molecular weight excluding hydrogens is 330 g/mol. The number of likely N-dealkylation sites (tertiary alicyclic amines) is 1. The first-order valence-electron chi connectivity index (χ1n) is 9.58. The first-order chi connectivity index (χ1) is 12.7. The van der Waals surface area contributed by atoms with Crippen molar-refractivity contribution in [2.45, 2.75) is 51.0 Å². The summed E-state index contributed by atoms with van der Waals surface area (Å²) < 4.78 is 0. The van der Waals surface area contributed by atoms with E-state index in [2.05, 4.69) is 20.7 Å². The first-order valence-corrected chi connectivity index (χ1v) is 9.58. The van der Waals surface area contributed by atoms with Crippen LogP contribution in [0.4, 0.5) is 0 Å². The number of nitrogens with one attached hydrogen (secondary N) is 2. The molecule has 26 heavy (non-hydrogen) atoms. The maximum atomic E-state index is 12.7. The van der Waals surface area contributed by atoms with E-state index in [9.17, 15) is 9.59 Å². The van der Waals surface area contributed by atoms with Gasteiger partial charge in [-0.1, -0.05) is 12.8 Å². The number of carbonyl (C=O) groups excluding carboxylic acids is 2. The number of piperidine rings is 1. The van der Waals surface area contributed by atoms with Crippen LogP contribution in [0.5, 0.6) is 0 Å². The SMILES string of the molecule is O=C(CC1CCCC1)NC1CCN(C(=O)c2ccc3n[nH]nc3c2)CC1. The van der Waals surface area contributed by atoms with Crippen molar-refractivity contribution in [2.75, 3.05) is 13.1 Å². The van der Waals surface area contributed by atoms with Gasteiger partial charge in [-0.2, -0.15) is 15.4 Å². The minimum atomic E-state index is 0.0191. The maximum absolute atomic E-state index is 12.7. The highest BCUT2D eigenvalue weighted by molar-refractivity contribution is 5.97. The van der Waals surface area contributed by atoms with E-state index in [4.69, 9.17) is 0 Å². The van der Waals surface area contributed by atoms with E-state index in [-0.39, 0.29) is 17.9 Å². The quantitative estimate of drug-likeness (QED) is 0.880. The van der Waals surface area contributed by atoms with Gasteiger partial charge in [-0.05, 0) is 49.8 Å². The second kappa shape index (κ2) is 7.43. The third kappa shape index (κ3) is 3.71. The Hall–Kier alpha value is -2.44. The standard InChI is InChI=1S/C19H25N5O2/c25-18(11-13-3-1-2-4-13)20-15-7-9-24(10-8-15)19(26)14-5-6-16-17(12-14)22-23-21-16/h5-6,12-13,15H,1-4,7-11H2,(H,20,25)(H,21,22,23). The van der Waals surface area contributed by atoms with Crippen molar-refractivity contribution in [3.8, 4) is 0 Å². The van der Waals surface area contributed by atoms with Crippen LogP contribution < -0.4 is 5.32 Å². The summed E-state index contributed by atoms with van der Waals surface area (Å²) >= 11 is 0. The van der Waals surface area contributed by atoms with Crippen molar-refractivity contribution in [1.29, 1.82) is 0 Å². The lowest BCUT2D eigenvalue weighted by atomic mass is 10.0. The molecule has 1 aromatic heterocycles. The number of fused-ring (bicyclic) bond motifs is 1. The van der Waals surface area contributed by atoms with E-state index in [0.29, 0.717) is 36.5 Å². The highest BCUT2D eigenvalue weighted by Gasteiger charge is 2.26. The molecule has 7 heteroatoms. The summed E-state index contributed by atoms with van der Waals surface area (Å²) in [4.78, 5) is 26.8. The fraction of sp³-hybridized carbons (Fsp3) is 0.579. The average Bonchev–Trinajstić information content (AvgIpc) is 3.32. The third-order valence-electron chi connectivity index (χ3n) is 5.66. The van der Waals surface area contributed by atoms with Gasteiger partial charge in [-0.15, -0.1) is 0 Å². The summed E-state index contributed by atoms with van der Waals surface area (Å²) in [6.07, 6.45) is 7.20. The van der Waals surface area contributed by atoms with Gasteiger partial charge in [-0.3, -0.25) is 9.59 Å². The summed E-state index contributed by atoms with van der Waals surface area (Å²) in [5.74, 6) is 0.770. The molecule has 1 saturated carbocycles. The van der Waals surface area contributed by atoms with Crippen molar-refractivity contribution in [1.82, 2.24) is 25.6 Å².